The van der Waals surface area contributed by atoms with Crippen LogP contribution in [0.4, 0.5) is 9.59 Å². The maximum atomic E-state index is 14.9. The maximum absolute atomic E-state index is 14.9. The third-order valence-corrected chi connectivity index (χ3v) is 19.1. The average molecular weight is 1220 g/mol. The van der Waals surface area contributed by atoms with Crippen molar-refractivity contribution in [3.63, 3.8) is 0 Å². The Morgan fingerprint density at radius 2 is 0.909 bits per heavy atom. The van der Waals surface area contributed by atoms with Crippen LogP contribution in [0.3, 0.4) is 0 Å². The fourth-order valence-corrected chi connectivity index (χ4v) is 14.5. The first-order chi connectivity index (χ1) is 41.8. The van der Waals surface area contributed by atoms with Crippen LogP contribution in [0, 0.1) is 47.4 Å². The summed E-state index contributed by atoms with van der Waals surface area (Å²) in [7, 11) is 2.98. The van der Waals surface area contributed by atoms with E-state index in [0.717, 1.165) is 86.5 Å². The lowest BCUT2D eigenvalue weighted by atomic mass is 9.80. The Morgan fingerprint density at radius 1 is 0.557 bits per heavy atom. The third kappa shape index (κ3) is 15.8. The summed E-state index contributed by atoms with van der Waals surface area (Å²) in [5.74, 6) is 7.20. The molecule has 20 nitrogen and oxygen atoms in total. The number of hydrogen-bond acceptors (Lipinski definition) is 12. The smallest absolute Gasteiger partial charge is 0.410 e. The second-order valence-electron chi connectivity index (χ2n) is 27.1. The minimum absolute atomic E-state index is 0.0336. The molecule has 2 saturated carbocycles. The molecule has 0 bridgehead atoms. The number of likely N-dealkylation sites (N-methyl/N-ethyl adjacent to an activating group) is 2. The number of primary amides is 2. The number of amides is 8. The van der Waals surface area contributed by atoms with Crippen molar-refractivity contribution in [3.05, 3.63) is 70.8 Å². The number of benzene rings is 2. The molecule has 478 valence electrons. The van der Waals surface area contributed by atoms with Crippen molar-refractivity contribution in [2.75, 3.05) is 40.4 Å². The first-order valence-corrected chi connectivity index (χ1v) is 31.8. The van der Waals surface area contributed by atoms with E-state index in [1.807, 2.05) is 48.5 Å². The van der Waals surface area contributed by atoms with Crippen LogP contribution < -0.4 is 22.1 Å². The summed E-state index contributed by atoms with van der Waals surface area (Å²) in [6.45, 7) is 14.2. The van der Waals surface area contributed by atoms with Crippen molar-refractivity contribution in [2.45, 2.75) is 217 Å². The molecule has 12 unspecified atom stereocenters. The Bertz CT molecular complexity index is 2810. The number of nitrogens with zero attached hydrogens (tertiary/aromatic N) is 4. The van der Waals surface area contributed by atoms with E-state index in [4.69, 9.17) is 30.4 Å². The molecule has 2 aliphatic heterocycles. The topological polar surface area (TPSA) is 263 Å². The van der Waals surface area contributed by atoms with Crippen LogP contribution in [0.5, 0.6) is 0 Å². The van der Waals surface area contributed by atoms with Crippen molar-refractivity contribution in [2.24, 2.45) is 35.1 Å². The monoisotopic (exact) mass is 1210 g/mol. The number of carbonyl (C=O) groups is 8. The van der Waals surface area contributed by atoms with Gasteiger partial charge in [-0.2, -0.15) is 0 Å². The van der Waals surface area contributed by atoms with Crippen LogP contribution in [0.15, 0.2) is 48.5 Å². The summed E-state index contributed by atoms with van der Waals surface area (Å²) in [5, 5.41) is 6.03. The van der Waals surface area contributed by atoms with Gasteiger partial charge in [0.2, 0.25) is 35.4 Å². The summed E-state index contributed by atoms with van der Waals surface area (Å²) >= 11 is 0. The van der Waals surface area contributed by atoms with Crippen molar-refractivity contribution in [1.82, 2.24) is 30.2 Å². The van der Waals surface area contributed by atoms with Gasteiger partial charge < -0.3 is 50.8 Å². The molecule has 4 fully saturated rings. The zero-order chi connectivity index (χ0) is 63.8. The molecule has 0 spiro atoms. The van der Waals surface area contributed by atoms with Crippen molar-refractivity contribution >= 4 is 47.6 Å². The standard InChI is InChI=1S/C68H94N8O12/c1-41(73(9)65(83)87-67(3,4)5)61(79)71-55(43-25-15-13-16-26-43)63(81)75-35-33-49(57(75)59(69)77)53-47-31-21-19-29-45(47)39-51(53)85-37-23-11-12-24-38-86-52-40-46-30-20-22-32-48(46)54(52)50-34-36-76(58(50)60(70)78)64(82)56(44-27-17-14-18-28-44)72-62(80)42(2)74(10)66(84)88-68(6,7)8/h19-22,29-32,41-44,49-58H,13-18,25-28,33-40H2,1-10H3,(H2,69,77)(H2,70,78)(H,71,79)(H,72,80). The van der Waals surface area contributed by atoms with Gasteiger partial charge in [-0.15, -0.1) is 0 Å². The number of rotatable bonds is 18. The van der Waals surface area contributed by atoms with E-state index in [1.54, 1.807) is 65.2 Å². The summed E-state index contributed by atoms with van der Waals surface area (Å²) in [4.78, 5) is 117. The predicted octanol–water partition coefficient (Wildman–Crippen LogP) is 6.49. The Hall–Kier alpha value is -7.16. The highest BCUT2D eigenvalue weighted by molar-refractivity contribution is 5.95. The Kier molecular flexibility index (Phi) is 22.0. The van der Waals surface area contributed by atoms with Crippen molar-refractivity contribution in [1.29, 1.82) is 0 Å². The quantitative estimate of drug-likeness (QED) is 0.117. The average Bonchev–Trinajstić information content (AvgIpc) is 2.61. The molecular weight excluding hydrogens is 1120 g/mol. The van der Waals surface area contributed by atoms with Crippen LogP contribution in [-0.2, 0) is 60.6 Å². The van der Waals surface area contributed by atoms with Crippen molar-refractivity contribution in [3.8, 4) is 23.7 Å². The minimum Gasteiger partial charge on any atom is -0.444 e. The van der Waals surface area contributed by atoms with Gasteiger partial charge in [0.25, 0.3) is 0 Å². The van der Waals surface area contributed by atoms with Gasteiger partial charge >= 0.3 is 12.2 Å². The normalized spacial score (nSPS) is 25.0. The molecule has 8 rings (SSSR count). The second-order valence-corrected chi connectivity index (χ2v) is 27.1. The number of nitrogens with one attached hydrogen (secondary N) is 2. The lowest BCUT2D eigenvalue weighted by molar-refractivity contribution is -0.143. The van der Waals surface area contributed by atoms with Crippen molar-refractivity contribution < 1.29 is 57.3 Å². The molecule has 0 radical (unpaired) electrons. The summed E-state index contributed by atoms with van der Waals surface area (Å²) in [6.07, 6.45) is 8.48. The molecule has 2 aromatic carbocycles. The highest BCUT2D eigenvalue weighted by Crippen LogP contribution is 2.48. The second kappa shape index (κ2) is 29.0. The maximum Gasteiger partial charge on any atom is 0.410 e. The lowest BCUT2D eigenvalue weighted by Gasteiger charge is -2.37. The fraction of sp³-hybridized carbons (Fsp3) is 0.647. The molecule has 2 aromatic rings. The van der Waals surface area contributed by atoms with Crippen LogP contribution in [0.1, 0.15) is 167 Å². The number of nitrogens with two attached hydrogens (primary N) is 2. The highest BCUT2D eigenvalue weighted by Gasteiger charge is 2.53. The molecule has 2 saturated heterocycles. The number of likely N-dealkylation sites (tertiary alicyclic amines) is 2. The molecule has 20 heteroatoms. The Balaban J connectivity index is 0.919. The summed E-state index contributed by atoms with van der Waals surface area (Å²) < 4.78 is 24.2. The van der Waals surface area contributed by atoms with Gasteiger partial charge in [-0.3, -0.25) is 38.6 Å². The van der Waals surface area contributed by atoms with Gasteiger partial charge in [0, 0.05) is 39.0 Å². The number of hydrogen-bond donors (Lipinski definition) is 4. The largest absolute Gasteiger partial charge is 0.444 e. The molecule has 0 aromatic heterocycles. The van der Waals surface area contributed by atoms with E-state index in [2.05, 4.69) is 34.3 Å². The Labute approximate surface area is 519 Å². The van der Waals surface area contributed by atoms with Gasteiger partial charge in [-0.25, -0.2) is 9.59 Å². The van der Waals surface area contributed by atoms with Gasteiger partial charge in [0.15, 0.2) is 0 Å². The zero-order valence-corrected chi connectivity index (χ0v) is 53.3. The number of carbonyl (C=O) groups excluding carboxylic acids is 8. The van der Waals surface area contributed by atoms with Crippen LogP contribution in [0.2, 0.25) is 0 Å². The number of fused-ring (bicyclic) bond motifs is 2. The van der Waals surface area contributed by atoms with Crippen LogP contribution in [-0.4, -0.2) is 167 Å². The third-order valence-electron chi connectivity index (χ3n) is 19.1. The van der Waals surface area contributed by atoms with Crippen LogP contribution in [0.25, 0.3) is 0 Å². The SMILES string of the molecule is CC(C(=O)NC(C(=O)N1CCC(C2c3ccccc3CC2OCC#CC#CCOC2Cc3ccccc3C2C2CCN(C(=O)C(NC(=O)C(C)N(C)C(=O)OC(C)(C)C)C3CCCCC3)C2C(N)=O)C1C(N)=O)C1CCCCC1)N(C)C(=O)OC(C)(C)C. The first-order valence-electron chi connectivity index (χ1n) is 31.8. The first kappa shape index (κ1) is 66.8. The predicted molar refractivity (Wildman–Crippen MR) is 330 cm³/mol. The molecular formula is C68H94N8O12. The zero-order valence-electron chi connectivity index (χ0n) is 53.3. The number of ether oxygens (including phenoxy) is 4. The Morgan fingerprint density at radius 3 is 1.25 bits per heavy atom. The molecule has 8 amide bonds. The van der Waals surface area contributed by atoms with Gasteiger partial charge in [0.1, 0.15) is 60.7 Å². The van der Waals surface area contributed by atoms with E-state index < -0.39 is 107 Å². The molecule has 6 aliphatic rings. The minimum atomic E-state index is -0.977. The fourth-order valence-electron chi connectivity index (χ4n) is 14.5. The van der Waals surface area contributed by atoms with E-state index in [-0.39, 0.29) is 61.8 Å². The highest BCUT2D eigenvalue weighted by atomic mass is 16.6. The molecule has 6 N–H and O–H groups in total. The van der Waals surface area contributed by atoms with E-state index in [1.165, 1.54) is 23.9 Å². The molecule has 4 aliphatic carbocycles. The van der Waals surface area contributed by atoms with E-state index in [9.17, 15) is 38.4 Å². The molecule has 2 heterocycles. The van der Waals surface area contributed by atoms with E-state index >= 15 is 0 Å². The van der Waals surface area contributed by atoms with Gasteiger partial charge in [-0.05, 0) is 165 Å². The summed E-state index contributed by atoms with van der Waals surface area (Å²) in [6, 6.07) is 10.3. The van der Waals surface area contributed by atoms with Crippen LogP contribution >= 0.6 is 0 Å². The van der Waals surface area contributed by atoms with E-state index in [0.29, 0.717) is 25.7 Å². The molecule has 12 atom stereocenters. The lowest BCUT2D eigenvalue weighted by Crippen LogP contribution is -2.59. The van der Waals surface area contributed by atoms with Gasteiger partial charge in [0.05, 0.1) is 12.2 Å². The molecule has 88 heavy (non-hydrogen) atoms. The van der Waals surface area contributed by atoms with Gasteiger partial charge in [-0.1, -0.05) is 98.9 Å². The summed E-state index contributed by atoms with van der Waals surface area (Å²) in [5.41, 5.74) is 15.2.